The Kier molecular flexibility index (Phi) is 2.49. The zero-order valence-corrected chi connectivity index (χ0v) is 11.4. The van der Waals surface area contributed by atoms with Gasteiger partial charge in [-0.1, -0.05) is 42.5 Å². The van der Waals surface area contributed by atoms with Crippen LogP contribution in [0.15, 0.2) is 42.5 Å². The highest BCUT2D eigenvalue weighted by Gasteiger charge is 2.30. The van der Waals surface area contributed by atoms with Crippen molar-refractivity contribution in [1.29, 1.82) is 0 Å². The van der Waals surface area contributed by atoms with Crippen molar-refractivity contribution in [2.75, 3.05) is 13.6 Å². The Balaban J connectivity index is 2.01. The number of benzene rings is 2. The molecule has 1 heterocycles. The van der Waals surface area contributed by atoms with Crippen molar-refractivity contribution >= 4 is 0 Å². The van der Waals surface area contributed by atoms with Crippen LogP contribution < -0.4 is 0 Å². The lowest BCUT2D eigenvalue weighted by atomic mass is 9.80. The molecule has 0 N–H and O–H groups in total. The van der Waals surface area contributed by atoms with Gasteiger partial charge in [0.15, 0.2) is 0 Å². The molecule has 1 heteroatoms. The summed E-state index contributed by atoms with van der Waals surface area (Å²) in [6.07, 6.45) is 3.67. The average molecular weight is 249 g/mol. The molecule has 96 valence electrons. The van der Waals surface area contributed by atoms with Gasteiger partial charge in [-0.15, -0.1) is 0 Å². The summed E-state index contributed by atoms with van der Waals surface area (Å²) in [6.45, 7) is 1.21. The molecule has 2 aromatic carbocycles. The summed E-state index contributed by atoms with van der Waals surface area (Å²) in [7, 11) is 2.28. The molecule has 0 spiro atoms. The van der Waals surface area contributed by atoms with Gasteiger partial charge in [0.2, 0.25) is 0 Å². The van der Waals surface area contributed by atoms with Crippen molar-refractivity contribution in [2.24, 2.45) is 0 Å². The Morgan fingerprint density at radius 1 is 0.947 bits per heavy atom. The lowest BCUT2D eigenvalue weighted by molar-refractivity contribution is 0.247. The first-order chi connectivity index (χ1) is 9.34. The number of fused-ring (bicyclic) bond motifs is 2. The minimum Gasteiger partial charge on any atom is -0.299 e. The van der Waals surface area contributed by atoms with Crippen molar-refractivity contribution in [2.45, 2.75) is 25.3 Å². The SMILES string of the molecule is CN1CCCc2cccc3c2C1Cc1ccccc1-3. The van der Waals surface area contributed by atoms with Gasteiger partial charge in [-0.3, -0.25) is 4.90 Å². The number of hydrogen-bond donors (Lipinski definition) is 0. The third-order valence-electron chi connectivity index (χ3n) is 4.74. The molecule has 0 saturated carbocycles. The average Bonchev–Trinajstić information content (AvgIpc) is 2.61. The first kappa shape index (κ1) is 11.2. The molecule has 2 aliphatic rings. The van der Waals surface area contributed by atoms with Crippen LogP contribution in [0.4, 0.5) is 0 Å². The molecule has 0 aromatic heterocycles. The summed E-state index contributed by atoms with van der Waals surface area (Å²) >= 11 is 0. The highest BCUT2D eigenvalue weighted by Crippen LogP contribution is 2.43. The lowest BCUT2D eigenvalue weighted by Gasteiger charge is -2.34. The number of hydrogen-bond acceptors (Lipinski definition) is 1. The van der Waals surface area contributed by atoms with E-state index in [1.54, 1.807) is 11.1 Å². The molecule has 1 nitrogen and oxygen atoms in total. The smallest absolute Gasteiger partial charge is 0.0394 e. The lowest BCUT2D eigenvalue weighted by Crippen LogP contribution is -2.28. The Bertz CT molecular complexity index is 629. The van der Waals surface area contributed by atoms with Crippen molar-refractivity contribution in [3.63, 3.8) is 0 Å². The minimum atomic E-state index is 0.573. The quantitative estimate of drug-likeness (QED) is 0.686. The fraction of sp³-hybridized carbons (Fsp3) is 0.333. The van der Waals surface area contributed by atoms with Crippen LogP contribution in [0.25, 0.3) is 11.1 Å². The van der Waals surface area contributed by atoms with Crippen molar-refractivity contribution in [1.82, 2.24) is 4.90 Å². The van der Waals surface area contributed by atoms with E-state index in [4.69, 9.17) is 0 Å². The predicted octanol–water partition coefficient (Wildman–Crippen LogP) is 3.83. The van der Waals surface area contributed by atoms with Gasteiger partial charge < -0.3 is 0 Å². The molecule has 2 aromatic rings. The van der Waals surface area contributed by atoms with E-state index in [1.165, 1.54) is 36.1 Å². The van der Waals surface area contributed by atoms with Gasteiger partial charge in [-0.05, 0) is 60.7 Å². The van der Waals surface area contributed by atoms with Gasteiger partial charge in [0.1, 0.15) is 0 Å². The Morgan fingerprint density at radius 3 is 2.68 bits per heavy atom. The summed E-state index contributed by atoms with van der Waals surface area (Å²) < 4.78 is 0. The molecule has 1 unspecified atom stereocenters. The normalized spacial score (nSPS) is 21.4. The van der Waals surface area contributed by atoms with E-state index < -0.39 is 0 Å². The first-order valence-corrected chi connectivity index (χ1v) is 7.25. The van der Waals surface area contributed by atoms with Gasteiger partial charge in [-0.25, -0.2) is 0 Å². The van der Waals surface area contributed by atoms with E-state index in [1.807, 2.05) is 0 Å². The van der Waals surface area contributed by atoms with Crippen molar-refractivity contribution in [3.8, 4) is 11.1 Å². The summed E-state index contributed by atoms with van der Waals surface area (Å²) in [5, 5.41) is 0. The molecule has 1 aliphatic heterocycles. The maximum Gasteiger partial charge on any atom is 0.0394 e. The maximum atomic E-state index is 2.55. The van der Waals surface area contributed by atoms with Crippen LogP contribution in [0.2, 0.25) is 0 Å². The maximum absolute atomic E-state index is 2.55. The number of nitrogens with zero attached hydrogens (tertiary/aromatic N) is 1. The monoisotopic (exact) mass is 249 g/mol. The molecular formula is C18H19N. The van der Waals surface area contributed by atoms with E-state index in [0.29, 0.717) is 6.04 Å². The number of rotatable bonds is 0. The molecule has 4 rings (SSSR count). The van der Waals surface area contributed by atoms with E-state index in [-0.39, 0.29) is 0 Å². The summed E-state index contributed by atoms with van der Waals surface area (Å²) in [4.78, 5) is 2.55. The van der Waals surface area contributed by atoms with E-state index in [2.05, 4.69) is 54.4 Å². The van der Waals surface area contributed by atoms with Crippen LogP contribution in [-0.4, -0.2) is 18.5 Å². The van der Waals surface area contributed by atoms with Crippen LogP contribution in [-0.2, 0) is 12.8 Å². The van der Waals surface area contributed by atoms with Crippen LogP contribution in [0, 0.1) is 0 Å². The Hall–Kier alpha value is -1.60. The van der Waals surface area contributed by atoms with Crippen LogP contribution in [0.3, 0.4) is 0 Å². The second-order valence-corrected chi connectivity index (χ2v) is 5.84. The minimum absolute atomic E-state index is 0.573. The van der Waals surface area contributed by atoms with Gasteiger partial charge in [-0.2, -0.15) is 0 Å². The fourth-order valence-corrected chi connectivity index (χ4v) is 3.78. The standard InChI is InChI=1S/C18H19N/c1-19-11-5-8-13-7-4-10-16-15-9-3-2-6-14(15)12-17(19)18(13)16/h2-4,6-7,9-10,17H,5,8,11-12H2,1H3. The number of likely N-dealkylation sites (N-methyl/N-ethyl adjacent to an activating group) is 1. The van der Waals surface area contributed by atoms with Crippen molar-refractivity contribution in [3.05, 3.63) is 59.2 Å². The van der Waals surface area contributed by atoms with E-state index >= 15 is 0 Å². The van der Waals surface area contributed by atoms with Gasteiger partial charge in [0.05, 0.1) is 0 Å². The van der Waals surface area contributed by atoms with E-state index in [9.17, 15) is 0 Å². The zero-order valence-electron chi connectivity index (χ0n) is 11.4. The molecule has 1 aliphatic carbocycles. The molecule has 1 atom stereocenters. The van der Waals surface area contributed by atoms with Crippen molar-refractivity contribution < 1.29 is 0 Å². The highest BCUT2D eigenvalue weighted by molar-refractivity contribution is 5.75. The number of aryl methyl sites for hydroxylation is 1. The second kappa shape index (κ2) is 4.21. The molecular weight excluding hydrogens is 230 g/mol. The van der Waals surface area contributed by atoms with Gasteiger partial charge in [0, 0.05) is 6.04 Å². The largest absolute Gasteiger partial charge is 0.299 e. The Labute approximate surface area is 114 Å². The van der Waals surface area contributed by atoms with Crippen LogP contribution >= 0.6 is 0 Å². The summed E-state index contributed by atoms with van der Waals surface area (Å²) in [6, 6.07) is 16.4. The summed E-state index contributed by atoms with van der Waals surface area (Å²) in [5.41, 5.74) is 7.59. The molecule has 19 heavy (non-hydrogen) atoms. The van der Waals surface area contributed by atoms with Crippen LogP contribution in [0.5, 0.6) is 0 Å². The molecule has 0 bridgehead atoms. The topological polar surface area (TPSA) is 3.24 Å². The zero-order chi connectivity index (χ0) is 12.8. The Morgan fingerprint density at radius 2 is 1.74 bits per heavy atom. The molecule has 0 radical (unpaired) electrons. The first-order valence-electron chi connectivity index (χ1n) is 7.25. The van der Waals surface area contributed by atoms with Gasteiger partial charge >= 0.3 is 0 Å². The second-order valence-electron chi connectivity index (χ2n) is 5.84. The van der Waals surface area contributed by atoms with Crippen LogP contribution in [0.1, 0.15) is 29.2 Å². The fourth-order valence-electron chi connectivity index (χ4n) is 3.78. The molecule has 0 saturated heterocycles. The molecule has 0 amide bonds. The van der Waals surface area contributed by atoms with E-state index in [0.717, 1.165) is 6.42 Å². The third-order valence-corrected chi connectivity index (χ3v) is 4.74. The summed E-state index contributed by atoms with van der Waals surface area (Å²) in [5.74, 6) is 0. The van der Waals surface area contributed by atoms with Gasteiger partial charge in [0.25, 0.3) is 0 Å². The highest BCUT2D eigenvalue weighted by atomic mass is 15.1. The molecule has 0 fully saturated rings. The third kappa shape index (κ3) is 1.65. The predicted molar refractivity (Wildman–Crippen MR) is 79.3 cm³/mol.